The number of benzene rings is 2. The van der Waals surface area contributed by atoms with E-state index in [0.29, 0.717) is 6.42 Å². The zero-order valence-corrected chi connectivity index (χ0v) is 12.2. The van der Waals surface area contributed by atoms with E-state index in [-0.39, 0.29) is 11.5 Å². The van der Waals surface area contributed by atoms with Crippen LogP contribution >= 0.6 is 11.6 Å². The van der Waals surface area contributed by atoms with Crippen molar-refractivity contribution in [3.8, 4) is 0 Å². The first kappa shape index (κ1) is 13.7. The van der Waals surface area contributed by atoms with Gasteiger partial charge in [-0.1, -0.05) is 60.5 Å². The molecule has 3 rings (SSSR count). The molecule has 0 amide bonds. The maximum atomic E-state index is 10.8. The Kier molecular flexibility index (Phi) is 3.82. The van der Waals surface area contributed by atoms with Gasteiger partial charge in [-0.3, -0.25) is 0 Å². The Hall–Kier alpha value is -1.31. The molecule has 0 aromatic heterocycles. The molecule has 2 aromatic rings. The molecular formula is C18H19ClO. The second kappa shape index (κ2) is 5.59. The molecule has 1 fully saturated rings. The molecule has 1 N–H and O–H groups in total. The largest absolute Gasteiger partial charge is 0.392 e. The molecule has 1 unspecified atom stereocenters. The zero-order valence-electron chi connectivity index (χ0n) is 11.4. The molecule has 104 valence electrons. The predicted molar refractivity (Wildman–Crippen MR) is 83.1 cm³/mol. The van der Waals surface area contributed by atoms with Crippen LogP contribution in [0.15, 0.2) is 54.6 Å². The monoisotopic (exact) mass is 286 g/mol. The smallest absolute Gasteiger partial charge is 0.0677 e. The van der Waals surface area contributed by atoms with Crippen LogP contribution in [0, 0.1) is 0 Å². The summed E-state index contributed by atoms with van der Waals surface area (Å²) >= 11 is 5.91. The standard InChI is InChI=1S/C18H19ClO/c19-16-9-7-14(8-10-16)13-17(20)18(11-4-12-18)15-5-2-1-3-6-15/h1-3,5-10,17,20H,4,11-13H2. The van der Waals surface area contributed by atoms with Gasteiger partial charge in [-0.15, -0.1) is 0 Å². The Balaban J connectivity index is 1.81. The Morgan fingerprint density at radius 3 is 2.20 bits per heavy atom. The molecule has 1 nitrogen and oxygen atoms in total. The summed E-state index contributed by atoms with van der Waals surface area (Å²) in [6, 6.07) is 18.2. The van der Waals surface area contributed by atoms with Gasteiger partial charge in [-0.2, -0.15) is 0 Å². The van der Waals surface area contributed by atoms with Crippen molar-refractivity contribution < 1.29 is 5.11 Å². The van der Waals surface area contributed by atoms with Crippen LogP contribution in [0.5, 0.6) is 0 Å². The maximum Gasteiger partial charge on any atom is 0.0677 e. The highest BCUT2D eigenvalue weighted by atomic mass is 35.5. The number of aliphatic hydroxyl groups excluding tert-OH is 1. The highest BCUT2D eigenvalue weighted by Gasteiger charge is 2.44. The van der Waals surface area contributed by atoms with Gasteiger partial charge in [0.15, 0.2) is 0 Å². The van der Waals surface area contributed by atoms with Crippen LogP contribution in [-0.2, 0) is 11.8 Å². The first-order chi connectivity index (χ1) is 9.71. The van der Waals surface area contributed by atoms with Crippen molar-refractivity contribution in [2.45, 2.75) is 37.2 Å². The second-order valence-electron chi connectivity index (χ2n) is 5.72. The van der Waals surface area contributed by atoms with E-state index in [0.717, 1.165) is 23.4 Å². The molecule has 0 aliphatic heterocycles. The van der Waals surface area contributed by atoms with Crippen LogP contribution < -0.4 is 0 Å². The molecule has 0 heterocycles. The molecule has 0 radical (unpaired) electrons. The highest BCUT2D eigenvalue weighted by Crippen LogP contribution is 2.47. The fourth-order valence-corrected chi connectivity index (χ4v) is 3.31. The van der Waals surface area contributed by atoms with E-state index >= 15 is 0 Å². The van der Waals surface area contributed by atoms with E-state index in [1.165, 1.54) is 12.0 Å². The van der Waals surface area contributed by atoms with Crippen molar-refractivity contribution in [2.24, 2.45) is 0 Å². The Morgan fingerprint density at radius 1 is 1.00 bits per heavy atom. The minimum Gasteiger partial charge on any atom is -0.392 e. The van der Waals surface area contributed by atoms with Crippen molar-refractivity contribution >= 4 is 11.6 Å². The van der Waals surface area contributed by atoms with Gasteiger partial charge in [0, 0.05) is 10.4 Å². The van der Waals surface area contributed by atoms with Crippen molar-refractivity contribution in [1.82, 2.24) is 0 Å². The van der Waals surface area contributed by atoms with E-state index in [2.05, 4.69) is 24.3 Å². The number of hydrogen-bond donors (Lipinski definition) is 1. The minimum atomic E-state index is -0.333. The average Bonchev–Trinajstić information content (AvgIpc) is 2.41. The molecule has 1 atom stereocenters. The molecule has 0 saturated heterocycles. The molecule has 1 saturated carbocycles. The number of rotatable bonds is 4. The fourth-order valence-electron chi connectivity index (χ4n) is 3.18. The lowest BCUT2D eigenvalue weighted by Gasteiger charge is -2.46. The molecular weight excluding hydrogens is 268 g/mol. The lowest BCUT2D eigenvalue weighted by Crippen LogP contribution is -2.46. The SMILES string of the molecule is OC(Cc1ccc(Cl)cc1)C1(c2ccccc2)CCC1. The van der Waals surface area contributed by atoms with Crippen LogP contribution in [0.2, 0.25) is 5.02 Å². The Morgan fingerprint density at radius 2 is 1.65 bits per heavy atom. The third-order valence-electron chi connectivity index (χ3n) is 4.57. The van der Waals surface area contributed by atoms with Crippen LogP contribution in [-0.4, -0.2) is 11.2 Å². The van der Waals surface area contributed by atoms with Crippen LogP contribution in [0.3, 0.4) is 0 Å². The summed E-state index contributed by atoms with van der Waals surface area (Å²) in [5, 5.41) is 11.5. The van der Waals surface area contributed by atoms with Gasteiger partial charge in [0.05, 0.1) is 6.10 Å². The number of aliphatic hydroxyl groups is 1. The van der Waals surface area contributed by atoms with E-state index in [4.69, 9.17) is 11.6 Å². The lowest BCUT2D eigenvalue weighted by atomic mass is 9.60. The summed E-state index contributed by atoms with van der Waals surface area (Å²) in [5.41, 5.74) is 2.36. The summed E-state index contributed by atoms with van der Waals surface area (Å²) in [7, 11) is 0. The maximum absolute atomic E-state index is 10.8. The van der Waals surface area contributed by atoms with Crippen molar-refractivity contribution in [1.29, 1.82) is 0 Å². The zero-order chi connectivity index (χ0) is 14.0. The fraction of sp³-hybridized carbons (Fsp3) is 0.333. The average molecular weight is 287 g/mol. The van der Waals surface area contributed by atoms with E-state index in [1.807, 2.05) is 30.3 Å². The third kappa shape index (κ3) is 2.48. The van der Waals surface area contributed by atoms with Gasteiger partial charge in [0.1, 0.15) is 0 Å². The van der Waals surface area contributed by atoms with Crippen LogP contribution in [0.25, 0.3) is 0 Å². The molecule has 0 spiro atoms. The summed E-state index contributed by atoms with van der Waals surface area (Å²) in [4.78, 5) is 0. The summed E-state index contributed by atoms with van der Waals surface area (Å²) in [5.74, 6) is 0. The Bertz CT molecular complexity index is 558. The quantitative estimate of drug-likeness (QED) is 0.885. The third-order valence-corrected chi connectivity index (χ3v) is 4.83. The van der Waals surface area contributed by atoms with Gasteiger partial charge in [-0.25, -0.2) is 0 Å². The molecule has 2 heteroatoms. The van der Waals surface area contributed by atoms with E-state index in [9.17, 15) is 5.11 Å². The Labute approximate surface area is 125 Å². The van der Waals surface area contributed by atoms with Gasteiger partial charge < -0.3 is 5.11 Å². The number of halogens is 1. The topological polar surface area (TPSA) is 20.2 Å². The van der Waals surface area contributed by atoms with Crippen molar-refractivity contribution in [3.63, 3.8) is 0 Å². The van der Waals surface area contributed by atoms with Crippen LogP contribution in [0.4, 0.5) is 0 Å². The van der Waals surface area contributed by atoms with Gasteiger partial charge >= 0.3 is 0 Å². The van der Waals surface area contributed by atoms with E-state index in [1.54, 1.807) is 0 Å². The van der Waals surface area contributed by atoms with Gasteiger partial charge in [0.2, 0.25) is 0 Å². The molecule has 0 bridgehead atoms. The minimum absolute atomic E-state index is 0.0547. The second-order valence-corrected chi connectivity index (χ2v) is 6.16. The van der Waals surface area contributed by atoms with Crippen molar-refractivity contribution in [3.05, 3.63) is 70.7 Å². The number of hydrogen-bond acceptors (Lipinski definition) is 1. The lowest BCUT2D eigenvalue weighted by molar-refractivity contribution is 0.0286. The van der Waals surface area contributed by atoms with Crippen molar-refractivity contribution in [2.75, 3.05) is 0 Å². The molecule has 1 aliphatic rings. The summed E-state index contributed by atoms with van der Waals surface area (Å²) in [6.07, 6.45) is 3.70. The van der Waals surface area contributed by atoms with E-state index < -0.39 is 0 Å². The predicted octanol–water partition coefficient (Wildman–Crippen LogP) is 4.37. The molecule has 2 aromatic carbocycles. The summed E-state index contributed by atoms with van der Waals surface area (Å²) < 4.78 is 0. The van der Waals surface area contributed by atoms with Gasteiger partial charge in [0.25, 0.3) is 0 Å². The molecule has 1 aliphatic carbocycles. The summed E-state index contributed by atoms with van der Waals surface area (Å²) in [6.45, 7) is 0. The first-order valence-electron chi connectivity index (χ1n) is 7.19. The molecule has 20 heavy (non-hydrogen) atoms. The first-order valence-corrected chi connectivity index (χ1v) is 7.56. The highest BCUT2D eigenvalue weighted by molar-refractivity contribution is 6.30. The van der Waals surface area contributed by atoms with Crippen LogP contribution in [0.1, 0.15) is 30.4 Å². The normalized spacial score (nSPS) is 18.3. The van der Waals surface area contributed by atoms with Gasteiger partial charge in [-0.05, 0) is 42.5 Å².